The van der Waals surface area contributed by atoms with Crippen molar-refractivity contribution in [2.75, 3.05) is 0 Å². The number of nitrogens with two attached hydrogens (primary N) is 1. The van der Waals surface area contributed by atoms with E-state index in [1.54, 1.807) is 0 Å². The van der Waals surface area contributed by atoms with E-state index in [-0.39, 0.29) is 12.2 Å². The first-order valence-corrected chi connectivity index (χ1v) is 6.39. The molecule has 0 bridgehead atoms. The van der Waals surface area contributed by atoms with E-state index in [0.29, 0.717) is 10.6 Å². The fourth-order valence-corrected chi connectivity index (χ4v) is 2.72. The third-order valence-electron chi connectivity index (χ3n) is 3.39. The smallest absolute Gasteiger partial charge is 0.320 e. The van der Waals surface area contributed by atoms with Crippen molar-refractivity contribution < 1.29 is 15.0 Å². The molecule has 5 heteroatoms. The molecular formula is C13H16ClNO3. The first kappa shape index (κ1) is 13.2. The van der Waals surface area contributed by atoms with Crippen LogP contribution in [0.25, 0.3) is 0 Å². The number of aromatic hydroxyl groups is 1. The topological polar surface area (TPSA) is 83.5 Å². The molecule has 0 aliphatic heterocycles. The molecule has 0 spiro atoms. The molecule has 0 saturated heterocycles. The van der Waals surface area contributed by atoms with Gasteiger partial charge in [0.1, 0.15) is 11.8 Å². The van der Waals surface area contributed by atoms with Crippen LogP contribution in [0.2, 0.25) is 5.02 Å². The van der Waals surface area contributed by atoms with Crippen molar-refractivity contribution in [3.05, 3.63) is 27.8 Å². The fourth-order valence-electron chi connectivity index (χ4n) is 2.38. The summed E-state index contributed by atoms with van der Waals surface area (Å²) in [6, 6.07) is 0.826. The molecule has 1 atom stereocenters. The van der Waals surface area contributed by atoms with Crippen molar-refractivity contribution >= 4 is 17.6 Å². The molecule has 0 heterocycles. The molecule has 4 nitrogen and oxygen atoms in total. The van der Waals surface area contributed by atoms with Crippen molar-refractivity contribution in [1.82, 2.24) is 0 Å². The van der Waals surface area contributed by atoms with Gasteiger partial charge in [0, 0.05) is 6.42 Å². The van der Waals surface area contributed by atoms with Crippen LogP contribution >= 0.6 is 11.6 Å². The molecule has 18 heavy (non-hydrogen) atoms. The minimum absolute atomic E-state index is 0.0194. The summed E-state index contributed by atoms with van der Waals surface area (Å²) in [5.41, 5.74) is 8.12. The minimum Gasteiger partial charge on any atom is -0.506 e. The number of hydrogen-bond acceptors (Lipinski definition) is 3. The highest BCUT2D eigenvalue weighted by Gasteiger charge is 2.21. The molecule has 1 aliphatic carbocycles. The Balaban J connectivity index is 2.37. The third-order valence-corrected chi connectivity index (χ3v) is 3.80. The molecule has 0 fully saturated rings. The van der Waals surface area contributed by atoms with Crippen LogP contribution in [0.15, 0.2) is 6.07 Å². The summed E-state index contributed by atoms with van der Waals surface area (Å²) < 4.78 is 0. The Labute approximate surface area is 110 Å². The van der Waals surface area contributed by atoms with E-state index in [0.717, 1.165) is 36.8 Å². The zero-order valence-corrected chi connectivity index (χ0v) is 10.7. The van der Waals surface area contributed by atoms with E-state index in [4.69, 9.17) is 22.4 Å². The second-order valence-corrected chi connectivity index (χ2v) is 5.07. The zero-order chi connectivity index (χ0) is 13.3. The molecule has 0 amide bonds. The van der Waals surface area contributed by atoms with Gasteiger partial charge in [-0.1, -0.05) is 17.7 Å². The fraction of sp³-hybridized carbons (Fsp3) is 0.462. The van der Waals surface area contributed by atoms with Crippen LogP contribution in [0, 0.1) is 0 Å². The van der Waals surface area contributed by atoms with Crippen molar-refractivity contribution in [3.8, 4) is 5.75 Å². The van der Waals surface area contributed by atoms with Gasteiger partial charge < -0.3 is 15.9 Å². The summed E-state index contributed by atoms with van der Waals surface area (Å²) in [7, 11) is 0. The normalized spacial score (nSPS) is 16.1. The average molecular weight is 270 g/mol. The first-order valence-electron chi connectivity index (χ1n) is 6.01. The van der Waals surface area contributed by atoms with Crippen LogP contribution in [0.5, 0.6) is 5.75 Å². The summed E-state index contributed by atoms with van der Waals surface area (Å²) in [5.74, 6) is -1.10. The van der Waals surface area contributed by atoms with Gasteiger partial charge in [-0.2, -0.15) is 0 Å². The molecule has 98 valence electrons. The van der Waals surface area contributed by atoms with Crippen LogP contribution < -0.4 is 5.73 Å². The van der Waals surface area contributed by atoms with Crippen LogP contribution in [0.1, 0.15) is 29.5 Å². The van der Waals surface area contributed by atoms with Crippen molar-refractivity contribution in [2.24, 2.45) is 5.73 Å². The molecule has 0 aromatic heterocycles. The number of aliphatic carboxylic acids is 1. The molecule has 1 aromatic rings. The summed E-state index contributed by atoms with van der Waals surface area (Å²) >= 11 is 6.14. The lowest BCUT2D eigenvalue weighted by Gasteiger charge is -2.20. The second-order valence-electron chi connectivity index (χ2n) is 4.69. The minimum atomic E-state index is -1.08. The quantitative estimate of drug-likeness (QED) is 0.782. The van der Waals surface area contributed by atoms with Crippen LogP contribution in [-0.2, 0) is 24.1 Å². The van der Waals surface area contributed by atoms with Gasteiger partial charge in [0.2, 0.25) is 0 Å². The van der Waals surface area contributed by atoms with E-state index in [1.807, 2.05) is 6.07 Å². The number of carboxylic acids is 1. The van der Waals surface area contributed by atoms with Gasteiger partial charge >= 0.3 is 5.97 Å². The second kappa shape index (κ2) is 5.16. The number of carbonyl (C=O) groups is 1. The lowest BCUT2D eigenvalue weighted by atomic mass is 9.88. The highest BCUT2D eigenvalue weighted by molar-refractivity contribution is 6.33. The van der Waals surface area contributed by atoms with E-state index in [9.17, 15) is 9.90 Å². The maximum atomic E-state index is 10.7. The van der Waals surface area contributed by atoms with Gasteiger partial charge in [0.05, 0.1) is 5.02 Å². The summed E-state index contributed by atoms with van der Waals surface area (Å²) in [4.78, 5) is 10.7. The van der Waals surface area contributed by atoms with E-state index in [1.165, 1.54) is 0 Å². The maximum absolute atomic E-state index is 10.7. The van der Waals surface area contributed by atoms with Crippen LogP contribution in [0.4, 0.5) is 0 Å². The molecular weight excluding hydrogens is 254 g/mol. The molecule has 4 N–H and O–H groups in total. The maximum Gasteiger partial charge on any atom is 0.320 e. The van der Waals surface area contributed by atoms with Crippen molar-refractivity contribution in [2.45, 2.75) is 38.1 Å². The van der Waals surface area contributed by atoms with Gasteiger partial charge in [-0.3, -0.25) is 4.79 Å². The zero-order valence-electron chi connectivity index (χ0n) is 9.95. The molecule has 1 aromatic carbocycles. The number of phenolic OH excluding ortho intramolecular Hbond substituents is 1. The lowest BCUT2D eigenvalue weighted by Crippen LogP contribution is -2.32. The highest BCUT2D eigenvalue weighted by atomic mass is 35.5. The van der Waals surface area contributed by atoms with Gasteiger partial charge in [-0.05, 0) is 42.4 Å². The van der Waals surface area contributed by atoms with Gasteiger partial charge in [0.15, 0.2) is 0 Å². The Hall–Kier alpha value is -1.26. The Bertz CT molecular complexity index is 488. The molecule has 1 unspecified atom stereocenters. The number of rotatable bonds is 3. The van der Waals surface area contributed by atoms with E-state index in [2.05, 4.69) is 0 Å². The Morgan fingerprint density at radius 3 is 2.78 bits per heavy atom. The predicted octanol–water partition coefficient (Wildman–Crippen LogP) is 1.88. The lowest BCUT2D eigenvalue weighted by molar-refractivity contribution is -0.138. The van der Waals surface area contributed by atoms with E-state index < -0.39 is 12.0 Å². The van der Waals surface area contributed by atoms with Gasteiger partial charge in [-0.15, -0.1) is 0 Å². The molecule has 0 radical (unpaired) electrons. The monoisotopic (exact) mass is 269 g/mol. The van der Waals surface area contributed by atoms with Crippen molar-refractivity contribution in [1.29, 1.82) is 0 Å². The molecule has 0 saturated carbocycles. The number of phenols is 1. The van der Waals surface area contributed by atoms with Crippen LogP contribution in [0.3, 0.4) is 0 Å². The SMILES string of the molecule is NC(Cc1cc2c(c(Cl)c1O)CCCC2)C(=O)O. The number of fused-ring (bicyclic) bond motifs is 1. The summed E-state index contributed by atoms with van der Waals surface area (Å²) in [6.07, 6.45) is 4.05. The third kappa shape index (κ3) is 2.44. The molecule has 1 aliphatic rings. The predicted molar refractivity (Wildman–Crippen MR) is 69.1 cm³/mol. The molecule has 2 rings (SSSR count). The van der Waals surface area contributed by atoms with E-state index >= 15 is 0 Å². The number of halogens is 1. The number of benzene rings is 1. The number of hydrogen-bond donors (Lipinski definition) is 3. The number of aryl methyl sites for hydroxylation is 1. The Morgan fingerprint density at radius 1 is 1.44 bits per heavy atom. The largest absolute Gasteiger partial charge is 0.506 e. The first-order chi connectivity index (χ1) is 8.50. The Morgan fingerprint density at radius 2 is 2.11 bits per heavy atom. The van der Waals surface area contributed by atoms with Crippen LogP contribution in [-0.4, -0.2) is 22.2 Å². The Kier molecular flexibility index (Phi) is 3.78. The standard InChI is InChI=1S/C13H16ClNO3/c14-11-9-4-2-1-3-7(9)5-8(12(11)16)6-10(15)13(17)18/h5,10,16H,1-4,6,15H2,(H,17,18). The summed E-state index contributed by atoms with van der Waals surface area (Å²) in [5, 5.41) is 19.2. The van der Waals surface area contributed by atoms with Gasteiger partial charge in [-0.25, -0.2) is 0 Å². The van der Waals surface area contributed by atoms with Gasteiger partial charge in [0.25, 0.3) is 0 Å². The summed E-state index contributed by atoms with van der Waals surface area (Å²) in [6.45, 7) is 0. The number of carboxylic acid groups (broad SMARTS) is 1. The van der Waals surface area contributed by atoms with Crippen molar-refractivity contribution in [3.63, 3.8) is 0 Å². The highest BCUT2D eigenvalue weighted by Crippen LogP contribution is 2.37. The average Bonchev–Trinajstić information content (AvgIpc) is 2.35.